The average Bonchev–Trinajstić information content (AvgIpc) is 3.04. The number of amides is 2. The molecule has 2 heterocycles. The molecule has 1 aromatic rings. The van der Waals surface area contributed by atoms with Gasteiger partial charge in [-0.05, 0) is 56.7 Å². The van der Waals surface area contributed by atoms with Crippen LogP contribution in [0, 0.1) is 17.7 Å². The van der Waals surface area contributed by atoms with Crippen LogP contribution >= 0.6 is 11.6 Å². The van der Waals surface area contributed by atoms with Gasteiger partial charge in [0, 0.05) is 19.0 Å². The van der Waals surface area contributed by atoms with Gasteiger partial charge in [0.05, 0.1) is 16.7 Å². The number of likely N-dealkylation sites (tertiary alicyclic amines) is 1. The standard InChI is InChI=1S/C20H24ClFN2O4/c1-12(28-17-3-2-15(22)8-16(17)21)13-4-6-24(7-5-13)18(25)14-9-20(10-14)11-27-19(26)23-20/h2-3,8,12-14H,4-7,9-11H2,1H3,(H,23,26)/t12?,14-,20+. The Kier molecular flexibility index (Phi) is 5.12. The highest BCUT2D eigenvalue weighted by molar-refractivity contribution is 6.32. The van der Waals surface area contributed by atoms with Crippen LogP contribution in [0.5, 0.6) is 5.75 Å². The van der Waals surface area contributed by atoms with Gasteiger partial charge in [-0.2, -0.15) is 0 Å². The van der Waals surface area contributed by atoms with E-state index in [1.54, 1.807) is 6.07 Å². The number of hydrogen-bond acceptors (Lipinski definition) is 4. The third-order valence-corrected chi connectivity index (χ3v) is 6.49. The fourth-order valence-corrected chi connectivity index (χ4v) is 4.70. The molecule has 4 rings (SSSR count). The largest absolute Gasteiger partial charge is 0.489 e. The zero-order valence-electron chi connectivity index (χ0n) is 15.7. The van der Waals surface area contributed by atoms with Crippen molar-refractivity contribution in [1.82, 2.24) is 10.2 Å². The van der Waals surface area contributed by atoms with E-state index in [0.717, 1.165) is 12.8 Å². The summed E-state index contributed by atoms with van der Waals surface area (Å²) in [5.74, 6) is 0.527. The van der Waals surface area contributed by atoms with Gasteiger partial charge in [0.1, 0.15) is 18.2 Å². The van der Waals surface area contributed by atoms with Crippen molar-refractivity contribution in [1.29, 1.82) is 0 Å². The van der Waals surface area contributed by atoms with Crippen molar-refractivity contribution in [2.24, 2.45) is 11.8 Å². The molecule has 6 nitrogen and oxygen atoms in total. The number of cyclic esters (lactones) is 1. The van der Waals surface area contributed by atoms with E-state index in [4.69, 9.17) is 21.1 Å². The maximum atomic E-state index is 13.2. The fourth-order valence-electron chi connectivity index (χ4n) is 4.49. The van der Waals surface area contributed by atoms with Crippen LogP contribution in [-0.4, -0.2) is 48.2 Å². The second-order valence-corrected chi connectivity index (χ2v) is 8.55. The highest BCUT2D eigenvalue weighted by Crippen LogP contribution is 2.42. The topological polar surface area (TPSA) is 67.9 Å². The van der Waals surface area contributed by atoms with Gasteiger partial charge in [-0.3, -0.25) is 4.79 Å². The second-order valence-electron chi connectivity index (χ2n) is 8.15. The summed E-state index contributed by atoms with van der Waals surface area (Å²) in [6.45, 7) is 3.74. The molecule has 28 heavy (non-hydrogen) atoms. The van der Waals surface area contributed by atoms with Gasteiger partial charge < -0.3 is 19.7 Å². The van der Waals surface area contributed by atoms with Gasteiger partial charge in [0.15, 0.2) is 0 Å². The van der Waals surface area contributed by atoms with Crippen LogP contribution in [0.1, 0.15) is 32.6 Å². The minimum Gasteiger partial charge on any atom is -0.489 e. The third kappa shape index (κ3) is 3.77. The van der Waals surface area contributed by atoms with Crippen molar-refractivity contribution in [3.05, 3.63) is 29.0 Å². The first-order valence-electron chi connectivity index (χ1n) is 9.71. The first kappa shape index (κ1) is 19.3. The monoisotopic (exact) mass is 410 g/mol. The first-order chi connectivity index (χ1) is 13.3. The van der Waals surface area contributed by atoms with E-state index < -0.39 is 5.82 Å². The zero-order chi connectivity index (χ0) is 19.9. The Labute approximate surface area is 168 Å². The van der Waals surface area contributed by atoms with Gasteiger partial charge in [-0.1, -0.05) is 11.6 Å². The van der Waals surface area contributed by atoms with E-state index in [1.165, 1.54) is 12.1 Å². The quantitative estimate of drug-likeness (QED) is 0.826. The molecule has 1 atom stereocenters. The molecule has 2 amide bonds. The molecule has 3 aliphatic rings. The molecule has 3 fully saturated rings. The minimum absolute atomic E-state index is 0.0368. The molecule has 2 saturated heterocycles. The number of rotatable bonds is 4. The molecular formula is C20H24ClFN2O4. The van der Waals surface area contributed by atoms with Crippen molar-refractivity contribution in [2.75, 3.05) is 19.7 Å². The predicted molar refractivity (Wildman–Crippen MR) is 101 cm³/mol. The molecule has 8 heteroatoms. The predicted octanol–water partition coefficient (Wildman–Crippen LogP) is 3.37. The van der Waals surface area contributed by atoms with Gasteiger partial charge in [-0.25, -0.2) is 9.18 Å². The normalized spacial score (nSPS) is 28.5. The van der Waals surface area contributed by atoms with E-state index in [0.29, 0.717) is 44.2 Å². The number of ether oxygens (including phenoxy) is 2. The first-order valence-corrected chi connectivity index (χ1v) is 10.1. The smallest absolute Gasteiger partial charge is 0.407 e. The number of hydrogen-bond donors (Lipinski definition) is 1. The van der Waals surface area contributed by atoms with Gasteiger partial charge in [-0.15, -0.1) is 0 Å². The van der Waals surface area contributed by atoms with E-state index in [1.807, 2.05) is 11.8 Å². The molecule has 1 saturated carbocycles. The molecule has 1 N–H and O–H groups in total. The van der Waals surface area contributed by atoms with E-state index in [-0.39, 0.29) is 34.6 Å². The Morgan fingerprint density at radius 2 is 2.11 bits per heavy atom. The van der Waals surface area contributed by atoms with Crippen LogP contribution in [0.25, 0.3) is 0 Å². The molecular weight excluding hydrogens is 387 g/mol. The molecule has 1 aromatic carbocycles. The number of benzene rings is 1. The maximum absolute atomic E-state index is 13.2. The van der Waals surface area contributed by atoms with Gasteiger partial charge >= 0.3 is 6.09 Å². The Balaban J connectivity index is 1.25. The van der Waals surface area contributed by atoms with Gasteiger partial charge in [0.2, 0.25) is 5.91 Å². The summed E-state index contributed by atoms with van der Waals surface area (Å²) in [4.78, 5) is 25.9. The molecule has 0 bridgehead atoms. The lowest BCUT2D eigenvalue weighted by atomic mass is 9.68. The summed E-state index contributed by atoms with van der Waals surface area (Å²) in [7, 11) is 0. The van der Waals surface area contributed by atoms with E-state index >= 15 is 0 Å². The Hall–Kier alpha value is -2.02. The minimum atomic E-state index is -0.390. The number of carbonyl (C=O) groups excluding carboxylic acids is 2. The van der Waals surface area contributed by atoms with Crippen molar-refractivity contribution >= 4 is 23.6 Å². The van der Waals surface area contributed by atoms with Crippen LogP contribution in [0.3, 0.4) is 0 Å². The average molecular weight is 411 g/mol. The number of nitrogens with zero attached hydrogens (tertiary/aromatic N) is 1. The molecule has 0 radical (unpaired) electrons. The molecule has 1 spiro atoms. The Bertz CT molecular complexity index is 775. The molecule has 152 valence electrons. The van der Waals surface area contributed by atoms with Crippen LogP contribution in [-0.2, 0) is 9.53 Å². The number of alkyl carbamates (subject to hydrolysis) is 1. The van der Waals surface area contributed by atoms with Crippen molar-refractivity contribution in [3.8, 4) is 5.75 Å². The lowest BCUT2D eigenvalue weighted by Gasteiger charge is -2.45. The number of piperidine rings is 1. The van der Waals surface area contributed by atoms with Crippen molar-refractivity contribution in [3.63, 3.8) is 0 Å². The van der Waals surface area contributed by atoms with Crippen LogP contribution in [0.2, 0.25) is 5.02 Å². The van der Waals surface area contributed by atoms with Crippen molar-refractivity contribution in [2.45, 2.75) is 44.2 Å². The summed E-state index contributed by atoms with van der Waals surface area (Å²) < 4.78 is 24.1. The summed E-state index contributed by atoms with van der Waals surface area (Å²) in [6.07, 6.45) is 2.55. The van der Waals surface area contributed by atoms with Crippen LogP contribution in [0.15, 0.2) is 18.2 Å². The number of halogens is 2. The Morgan fingerprint density at radius 3 is 2.71 bits per heavy atom. The second kappa shape index (κ2) is 7.43. The zero-order valence-corrected chi connectivity index (χ0v) is 16.5. The van der Waals surface area contributed by atoms with Crippen LogP contribution in [0.4, 0.5) is 9.18 Å². The van der Waals surface area contributed by atoms with Crippen molar-refractivity contribution < 1.29 is 23.5 Å². The maximum Gasteiger partial charge on any atom is 0.407 e. The molecule has 0 aromatic heterocycles. The lowest BCUT2D eigenvalue weighted by Crippen LogP contribution is -2.58. The molecule has 1 aliphatic carbocycles. The summed E-state index contributed by atoms with van der Waals surface area (Å²) in [5, 5.41) is 3.09. The summed E-state index contributed by atoms with van der Waals surface area (Å²) in [5.41, 5.74) is -0.327. The van der Waals surface area contributed by atoms with E-state index in [2.05, 4.69) is 5.32 Å². The lowest BCUT2D eigenvalue weighted by molar-refractivity contribution is -0.143. The van der Waals surface area contributed by atoms with Crippen LogP contribution < -0.4 is 10.1 Å². The number of nitrogens with one attached hydrogen (secondary N) is 1. The summed E-state index contributed by atoms with van der Waals surface area (Å²) >= 11 is 6.04. The van der Waals surface area contributed by atoms with Gasteiger partial charge in [0.25, 0.3) is 0 Å². The number of carbonyl (C=O) groups is 2. The highest BCUT2D eigenvalue weighted by Gasteiger charge is 2.53. The third-order valence-electron chi connectivity index (χ3n) is 6.19. The molecule has 2 aliphatic heterocycles. The SMILES string of the molecule is CC(Oc1ccc(F)cc1Cl)C1CCN(C(=O)[C@H]2C[C@]3(COC(=O)N3)C2)CC1. The molecule has 1 unspecified atom stereocenters. The Morgan fingerprint density at radius 1 is 1.39 bits per heavy atom. The van der Waals surface area contributed by atoms with E-state index in [9.17, 15) is 14.0 Å². The summed E-state index contributed by atoms with van der Waals surface area (Å²) in [6, 6.07) is 4.12. The fraction of sp³-hybridized carbons (Fsp3) is 0.600. The highest BCUT2D eigenvalue weighted by atomic mass is 35.5.